The standard InChI is InChI=1S/C19H29NO11/c1-10(21)20-16-18(30-13(4)24)17(29-12(3)23)14(9-28-11(2)22)31-19(16)27-8-6-5-7-15(25)26/h14,16-19H,5-9H2,1-4H3,(H,20,21)(H,25,26)/t14-,16-,17+,18-,19+/m1/s1. The van der Waals surface area contributed by atoms with Gasteiger partial charge in [-0.15, -0.1) is 0 Å². The van der Waals surface area contributed by atoms with Crippen molar-refractivity contribution in [3.05, 3.63) is 0 Å². The van der Waals surface area contributed by atoms with Crippen LogP contribution in [0.2, 0.25) is 0 Å². The molecule has 0 radical (unpaired) electrons. The highest BCUT2D eigenvalue weighted by molar-refractivity contribution is 5.73. The zero-order valence-corrected chi connectivity index (χ0v) is 18.0. The number of aliphatic carboxylic acids is 1. The van der Waals surface area contributed by atoms with Crippen LogP contribution in [0.3, 0.4) is 0 Å². The molecule has 5 atom stereocenters. The lowest BCUT2D eigenvalue weighted by molar-refractivity contribution is -0.277. The minimum absolute atomic E-state index is 0.0380. The van der Waals surface area contributed by atoms with Gasteiger partial charge in [-0.2, -0.15) is 0 Å². The molecule has 1 aliphatic rings. The summed E-state index contributed by atoms with van der Waals surface area (Å²) in [5.74, 6) is -3.43. The molecular formula is C19H29NO11. The van der Waals surface area contributed by atoms with E-state index in [1.54, 1.807) is 0 Å². The first-order valence-corrected chi connectivity index (χ1v) is 9.75. The number of carboxylic acid groups (broad SMARTS) is 1. The molecule has 12 nitrogen and oxygen atoms in total. The lowest BCUT2D eigenvalue weighted by Gasteiger charge is -2.44. The predicted molar refractivity (Wildman–Crippen MR) is 101 cm³/mol. The molecule has 1 fully saturated rings. The van der Waals surface area contributed by atoms with Gasteiger partial charge in [-0.1, -0.05) is 0 Å². The van der Waals surface area contributed by atoms with Gasteiger partial charge in [0.1, 0.15) is 18.8 Å². The maximum atomic E-state index is 11.8. The summed E-state index contributed by atoms with van der Waals surface area (Å²) in [7, 11) is 0. The normalized spacial score (nSPS) is 25.2. The second-order valence-electron chi connectivity index (χ2n) is 6.94. The molecule has 0 unspecified atom stereocenters. The molecule has 2 N–H and O–H groups in total. The number of rotatable bonds is 11. The Morgan fingerprint density at radius 3 is 2.03 bits per heavy atom. The highest BCUT2D eigenvalue weighted by Crippen LogP contribution is 2.28. The molecule has 1 heterocycles. The Morgan fingerprint density at radius 1 is 0.903 bits per heavy atom. The number of hydrogen-bond donors (Lipinski definition) is 2. The van der Waals surface area contributed by atoms with E-state index in [9.17, 15) is 24.0 Å². The van der Waals surface area contributed by atoms with Crippen molar-refractivity contribution in [1.82, 2.24) is 5.32 Å². The van der Waals surface area contributed by atoms with Crippen LogP contribution < -0.4 is 5.32 Å². The summed E-state index contributed by atoms with van der Waals surface area (Å²) >= 11 is 0. The third-order valence-electron chi connectivity index (χ3n) is 4.14. The van der Waals surface area contributed by atoms with Crippen LogP contribution in [0.1, 0.15) is 47.0 Å². The van der Waals surface area contributed by atoms with Gasteiger partial charge in [0.05, 0.1) is 0 Å². The summed E-state index contributed by atoms with van der Waals surface area (Å²) in [4.78, 5) is 57.0. The van der Waals surface area contributed by atoms with E-state index in [-0.39, 0.29) is 19.6 Å². The van der Waals surface area contributed by atoms with Crippen LogP contribution in [-0.4, -0.2) is 78.7 Å². The van der Waals surface area contributed by atoms with Crippen LogP contribution in [0.15, 0.2) is 0 Å². The Morgan fingerprint density at radius 2 is 1.52 bits per heavy atom. The third kappa shape index (κ3) is 9.75. The average molecular weight is 447 g/mol. The Labute approximate surface area is 179 Å². The van der Waals surface area contributed by atoms with Crippen LogP contribution in [0.4, 0.5) is 0 Å². The van der Waals surface area contributed by atoms with E-state index in [1.807, 2.05) is 0 Å². The summed E-state index contributed by atoms with van der Waals surface area (Å²) in [5, 5.41) is 11.3. The van der Waals surface area contributed by atoms with Crippen molar-refractivity contribution >= 4 is 29.8 Å². The molecule has 1 amide bonds. The fourth-order valence-electron chi connectivity index (χ4n) is 3.01. The number of hydrogen-bond acceptors (Lipinski definition) is 10. The number of carbonyl (C=O) groups is 5. The number of nitrogens with one attached hydrogen (secondary N) is 1. The molecule has 176 valence electrons. The van der Waals surface area contributed by atoms with Crippen molar-refractivity contribution in [2.45, 2.75) is 77.6 Å². The first-order chi connectivity index (χ1) is 14.5. The van der Waals surface area contributed by atoms with Crippen molar-refractivity contribution in [2.24, 2.45) is 0 Å². The van der Waals surface area contributed by atoms with E-state index in [4.69, 9.17) is 28.8 Å². The van der Waals surface area contributed by atoms with Crippen molar-refractivity contribution in [2.75, 3.05) is 13.2 Å². The van der Waals surface area contributed by atoms with E-state index >= 15 is 0 Å². The Hall–Kier alpha value is -2.73. The van der Waals surface area contributed by atoms with Gasteiger partial charge in [-0.3, -0.25) is 24.0 Å². The number of carboxylic acids is 1. The van der Waals surface area contributed by atoms with E-state index < -0.39 is 60.4 Å². The maximum Gasteiger partial charge on any atom is 0.303 e. The average Bonchev–Trinajstić information content (AvgIpc) is 2.62. The smallest absolute Gasteiger partial charge is 0.303 e. The van der Waals surface area contributed by atoms with Gasteiger partial charge in [0, 0.05) is 40.7 Å². The minimum atomic E-state index is -1.19. The summed E-state index contributed by atoms with van der Waals surface area (Å²) < 4.78 is 27.1. The van der Waals surface area contributed by atoms with Crippen LogP contribution >= 0.6 is 0 Å². The van der Waals surface area contributed by atoms with Crippen molar-refractivity contribution in [3.8, 4) is 0 Å². The molecule has 0 aromatic carbocycles. The highest BCUT2D eigenvalue weighted by atomic mass is 16.7. The molecule has 0 saturated carbocycles. The van der Waals surface area contributed by atoms with E-state index in [2.05, 4.69) is 5.32 Å². The predicted octanol–water partition coefficient (Wildman–Crippen LogP) is -0.0860. The summed E-state index contributed by atoms with van der Waals surface area (Å²) in [6, 6.07) is -1.04. The Balaban J connectivity index is 3.11. The van der Waals surface area contributed by atoms with Crippen molar-refractivity contribution in [1.29, 1.82) is 0 Å². The fraction of sp³-hybridized carbons (Fsp3) is 0.737. The number of ether oxygens (including phenoxy) is 5. The van der Waals surface area contributed by atoms with Gasteiger partial charge < -0.3 is 34.1 Å². The second kappa shape index (κ2) is 12.8. The second-order valence-corrected chi connectivity index (χ2v) is 6.94. The topological polar surface area (TPSA) is 164 Å². The molecule has 0 aromatic rings. The first-order valence-electron chi connectivity index (χ1n) is 9.75. The molecule has 1 saturated heterocycles. The molecule has 0 spiro atoms. The van der Waals surface area contributed by atoms with E-state index in [0.29, 0.717) is 12.8 Å². The van der Waals surface area contributed by atoms with Gasteiger partial charge in [0.15, 0.2) is 18.5 Å². The summed E-state index contributed by atoms with van der Waals surface area (Å²) in [5.41, 5.74) is 0. The van der Waals surface area contributed by atoms with Gasteiger partial charge in [-0.05, 0) is 12.8 Å². The lowest BCUT2D eigenvalue weighted by Crippen LogP contribution is -2.66. The monoisotopic (exact) mass is 447 g/mol. The van der Waals surface area contributed by atoms with Crippen LogP contribution in [-0.2, 0) is 47.7 Å². The van der Waals surface area contributed by atoms with Crippen molar-refractivity contribution < 1.29 is 52.8 Å². The number of esters is 3. The van der Waals surface area contributed by atoms with Crippen LogP contribution in [0.25, 0.3) is 0 Å². The molecule has 12 heteroatoms. The van der Waals surface area contributed by atoms with E-state index in [1.165, 1.54) is 13.8 Å². The quantitative estimate of drug-likeness (QED) is 0.247. The van der Waals surface area contributed by atoms with Crippen molar-refractivity contribution in [3.63, 3.8) is 0 Å². The largest absolute Gasteiger partial charge is 0.481 e. The first kappa shape index (κ1) is 26.3. The molecule has 31 heavy (non-hydrogen) atoms. The highest BCUT2D eigenvalue weighted by Gasteiger charge is 2.51. The van der Waals surface area contributed by atoms with Crippen LogP contribution in [0, 0.1) is 0 Å². The zero-order valence-electron chi connectivity index (χ0n) is 18.0. The molecule has 1 rings (SSSR count). The van der Waals surface area contributed by atoms with Gasteiger partial charge in [0.25, 0.3) is 0 Å². The minimum Gasteiger partial charge on any atom is -0.481 e. The molecule has 1 aliphatic heterocycles. The number of amides is 1. The molecule has 0 aliphatic carbocycles. The SMILES string of the molecule is CC(=O)N[C@H]1[C@@H](OCCCCC(=O)O)O[C@H](COC(C)=O)[C@H](OC(C)=O)[C@@H]1OC(C)=O. The Bertz CT molecular complexity index is 665. The summed E-state index contributed by atoms with van der Waals surface area (Å²) in [6.07, 6.45) is -3.87. The molecular weight excluding hydrogens is 418 g/mol. The molecule has 0 bridgehead atoms. The lowest BCUT2D eigenvalue weighted by atomic mass is 9.96. The summed E-state index contributed by atoms with van der Waals surface area (Å²) in [6.45, 7) is 4.47. The maximum absolute atomic E-state index is 11.8. The fourth-order valence-corrected chi connectivity index (χ4v) is 3.01. The van der Waals surface area contributed by atoms with Gasteiger partial charge in [0.2, 0.25) is 5.91 Å². The van der Waals surface area contributed by atoms with E-state index in [0.717, 1.165) is 13.8 Å². The zero-order chi connectivity index (χ0) is 23.6. The molecule has 0 aromatic heterocycles. The Kier molecular flexibility index (Phi) is 10.9. The van der Waals surface area contributed by atoms with Gasteiger partial charge in [-0.25, -0.2) is 0 Å². The third-order valence-corrected chi connectivity index (χ3v) is 4.14. The van der Waals surface area contributed by atoms with Gasteiger partial charge >= 0.3 is 23.9 Å². The van der Waals surface area contributed by atoms with Crippen LogP contribution in [0.5, 0.6) is 0 Å². The number of unbranched alkanes of at least 4 members (excludes halogenated alkanes) is 1. The number of carbonyl (C=O) groups excluding carboxylic acids is 4.